The summed E-state index contributed by atoms with van der Waals surface area (Å²) in [4.78, 5) is 25.0. The number of aliphatic hydroxyl groups excluding tert-OH is 2. The third-order valence-corrected chi connectivity index (χ3v) is 7.22. The molecule has 0 radical (unpaired) electrons. The fourth-order valence-corrected chi connectivity index (χ4v) is 5.94. The van der Waals surface area contributed by atoms with Crippen LogP contribution in [0.15, 0.2) is 34.6 Å². The van der Waals surface area contributed by atoms with Gasteiger partial charge in [0, 0.05) is 34.3 Å². The summed E-state index contributed by atoms with van der Waals surface area (Å²) < 4.78 is 5.64. The molecule has 5 heteroatoms. The molecule has 3 aliphatic rings. The van der Waals surface area contributed by atoms with Crippen LogP contribution in [0.3, 0.4) is 0 Å². The smallest absolute Gasteiger partial charge is 0.306 e. The van der Waals surface area contributed by atoms with E-state index in [1.165, 1.54) is 0 Å². The molecule has 1 fully saturated rings. The molecule has 0 amide bonds. The third kappa shape index (κ3) is 3.77. The van der Waals surface area contributed by atoms with Crippen LogP contribution in [-0.2, 0) is 14.3 Å². The highest BCUT2D eigenvalue weighted by molar-refractivity contribution is 6.10. The maximum Gasteiger partial charge on any atom is 0.306 e. The van der Waals surface area contributed by atoms with Gasteiger partial charge >= 0.3 is 5.97 Å². The molecule has 4 atom stereocenters. The van der Waals surface area contributed by atoms with Crippen molar-refractivity contribution in [3.05, 3.63) is 34.6 Å². The van der Waals surface area contributed by atoms with Crippen LogP contribution >= 0.6 is 0 Å². The monoisotopic (exact) mass is 416 g/mol. The number of fused-ring (bicyclic) bond motifs is 3. The van der Waals surface area contributed by atoms with E-state index in [9.17, 15) is 19.8 Å². The molecule has 0 heterocycles. The minimum atomic E-state index is -0.742. The fraction of sp³-hybridized carbons (Fsp3) is 0.680. The van der Waals surface area contributed by atoms with Crippen molar-refractivity contribution in [2.45, 2.75) is 73.3 Å². The zero-order valence-corrected chi connectivity index (χ0v) is 19.1. The minimum Gasteiger partial charge on any atom is -0.504 e. The molecule has 0 aromatic carbocycles. The largest absolute Gasteiger partial charge is 0.504 e. The summed E-state index contributed by atoms with van der Waals surface area (Å²) in [6.07, 6.45) is 5.68. The molecule has 2 N–H and O–H groups in total. The number of rotatable bonds is 5. The number of ether oxygens (including phenoxy) is 1. The highest BCUT2D eigenvalue weighted by atomic mass is 16.5. The van der Waals surface area contributed by atoms with Gasteiger partial charge in [-0.3, -0.25) is 9.59 Å². The second-order valence-electron chi connectivity index (χ2n) is 10.6. The molecular formula is C25H36O5. The van der Waals surface area contributed by atoms with Crippen LogP contribution in [-0.4, -0.2) is 34.7 Å². The molecular weight excluding hydrogens is 380 g/mol. The van der Waals surface area contributed by atoms with Gasteiger partial charge in [-0.25, -0.2) is 0 Å². The fourth-order valence-electron chi connectivity index (χ4n) is 5.94. The first kappa shape index (κ1) is 22.8. The van der Waals surface area contributed by atoms with E-state index in [0.717, 1.165) is 24.8 Å². The number of hydrogen-bond donors (Lipinski definition) is 2. The number of ketones is 1. The quantitative estimate of drug-likeness (QED) is 0.637. The number of carbonyl (C=O) groups excluding carboxylic acids is 2. The Morgan fingerprint density at radius 2 is 1.90 bits per heavy atom. The molecule has 1 saturated carbocycles. The van der Waals surface area contributed by atoms with E-state index < -0.39 is 16.9 Å². The van der Waals surface area contributed by atoms with Gasteiger partial charge in [-0.1, -0.05) is 48.0 Å². The molecule has 0 spiro atoms. The Morgan fingerprint density at radius 1 is 1.23 bits per heavy atom. The second kappa shape index (κ2) is 7.99. The SMILES string of the molecule is CC(C)CC(=O)OC[C@@]1(C)CCC[C@]2(C)C3=C(O)C(=O)C(C(C)C)=CC3=C[C@H](O)[C@@H]12. The lowest BCUT2D eigenvalue weighted by Crippen LogP contribution is -2.55. The number of carbonyl (C=O) groups is 2. The average molecular weight is 417 g/mol. The lowest BCUT2D eigenvalue weighted by molar-refractivity contribution is -0.156. The van der Waals surface area contributed by atoms with E-state index >= 15 is 0 Å². The summed E-state index contributed by atoms with van der Waals surface area (Å²) in [7, 11) is 0. The lowest BCUT2D eigenvalue weighted by Gasteiger charge is -2.56. The Kier molecular flexibility index (Phi) is 6.07. The number of allylic oxidation sites excluding steroid dienone is 4. The number of hydrogen-bond acceptors (Lipinski definition) is 5. The van der Waals surface area contributed by atoms with Gasteiger partial charge in [0.2, 0.25) is 5.78 Å². The first-order valence-corrected chi connectivity index (χ1v) is 11.2. The average Bonchev–Trinajstić information content (AvgIpc) is 2.61. The lowest BCUT2D eigenvalue weighted by atomic mass is 9.48. The summed E-state index contributed by atoms with van der Waals surface area (Å²) in [5.41, 5.74) is 0.951. The highest BCUT2D eigenvalue weighted by Gasteiger charge is 2.57. The Hall–Kier alpha value is -1.88. The van der Waals surface area contributed by atoms with Crippen LogP contribution in [0.25, 0.3) is 0 Å². The molecule has 0 aromatic heterocycles. The van der Waals surface area contributed by atoms with Crippen molar-refractivity contribution in [2.75, 3.05) is 6.61 Å². The predicted molar refractivity (Wildman–Crippen MR) is 116 cm³/mol. The van der Waals surface area contributed by atoms with Crippen LogP contribution in [0, 0.1) is 28.6 Å². The van der Waals surface area contributed by atoms with Crippen molar-refractivity contribution >= 4 is 11.8 Å². The summed E-state index contributed by atoms with van der Waals surface area (Å²) in [5, 5.41) is 22.1. The first-order valence-electron chi connectivity index (χ1n) is 11.2. The first-order chi connectivity index (χ1) is 13.9. The van der Waals surface area contributed by atoms with E-state index in [1.807, 2.05) is 40.7 Å². The van der Waals surface area contributed by atoms with Crippen molar-refractivity contribution < 1.29 is 24.5 Å². The number of aliphatic hydroxyl groups is 2. The van der Waals surface area contributed by atoms with Crippen LogP contribution in [0.5, 0.6) is 0 Å². The number of Topliss-reactive ketones (excluding diaryl/α,β-unsaturated/α-hetero) is 1. The van der Waals surface area contributed by atoms with E-state index in [2.05, 4.69) is 6.92 Å². The van der Waals surface area contributed by atoms with Crippen LogP contribution in [0.4, 0.5) is 0 Å². The Morgan fingerprint density at radius 3 is 2.50 bits per heavy atom. The molecule has 5 nitrogen and oxygen atoms in total. The van der Waals surface area contributed by atoms with E-state index in [-0.39, 0.29) is 41.9 Å². The molecule has 0 bridgehead atoms. The standard InChI is InChI=1S/C25H36O5/c1-14(2)10-19(27)30-13-24(5)8-7-9-25(6)20-16(12-18(26)23(24)25)11-17(15(3)4)21(28)22(20)29/h11-12,14-15,18,23,26,29H,7-10,13H2,1-6H3/t18-,23-,24+,25+/m0/s1. The second-order valence-corrected chi connectivity index (χ2v) is 10.6. The van der Waals surface area contributed by atoms with Gasteiger partial charge in [0.1, 0.15) is 0 Å². The molecule has 3 rings (SSSR count). The topological polar surface area (TPSA) is 83.8 Å². The maximum atomic E-state index is 12.9. The molecule has 0 unspecified atom stereocenters. The van der Waals surface area contributed by atoms with Crippen molar-refractivity contribution in [2.24, 2.45) is 28.6 Å². The van der Waals surface area contributed by atoms with Gasteiger partial charge in [0.15, 0.2) is 5.76 Å². The summed E-state index contributed by atoms with van der Waals surface area (Å²) in [6.45, 7) is 12.1. The van der Waals surface area contributed by atoms with Gasteiger partial charge in [-0.05, 0) is 42.4 Å². The molecule has 30 heavy (non-hydrogen) atoms. The zero-order chi connectivity index (χ0) is 22.4. The van der Waals surface area contributed by atoms with E-state index in [1.54, 1.807) is 6.08 Å². The van der Waals surface area contributed by atoms with Crippen LogP contribution < -0.4 is 0 Å². The Bertz CT molecular complexity index is 830. The van der Waals surface area contributed by atoms with Crippen molar-refractivity contribution in [3.63, 3.8) is 0 Å². The maximum absolute atomic E-state index is 12.9. The predicted octanol–water partition coefficient (Wildman–Crippen LogP) is 4.67. The molecule has 3 aliphatic carbocycles. The molecule has 166 valence electrons. The summed E-state index contributed by atoms with van der Waals surface area (Å²) in [6, 6.07) is 0. The van der Waals surface area contributed by atoms with E-state index in [4.69, 9.17) is 4.74 Å². The van der Waals surface area contributed by atoms with E-state index in [0.29, 0.717) is 17.6 Å². The van der Waals surface area contributed by atoms with Crippen LogP contribution in [0.1, 0.15) is 67.2 Å². The molecule has 0 saturated heterocycles. The zero-order valence-electron chi connectivity index (χ0n) is 19.1. The normalized spacial score (nSPS) is 33.8. The third-order valence-electron chi connectivity index (χ3n) is 7.22. The van der Waals surface area contributed by atoms with Crippen molar-refractivity contribution in [1.82, 2.24) is 0 Å². The summed E-state index contributed by atoms with van der Waals surface area (Å²) in [5.74, 6) is -0.767. The van der Waals surface area contributed by atoms with Crippen LogP contribution in [0.2, 0.25) is 0 Å². The van der Waals surface area contributed by atoms with Gasteiger partial charge in [-0.15, -0.1) is 0 Å². The highest BCUT2D eigenvalue weighted by Crippen LogP contribution is 2.61. The number of esters is 1. The van der Waals surface area contributed by atoms with Crippen molar-refractivity contribution in [1.29, 1.82) is 0 Å². The van der Waals surface area contributed by atoms with Gasteiger partial charge < -0.3 is 14.9 Å². The van der Waals surface area contributed by atoms with Gasteiger partial charge in [0.25, 0.3) is 0 Å². The molecule has 0 aliphatic heterocycles. The van der Waals surface area contributed by atoms with Crippen molar-refractivity contribution in [3.8, 4) is 0 Å². The van der Waals surface area contributed by atoms with Gasteiger partial charge in [0.05, 0.1) is 12.7 Å². The molecule has 0 aromatic rings. The summed E-state index contributed by atoms with van der Waals surface area (Å²) >= 11 is 0. The Balaban J connectivity index is 2.00. The van der Waals surface area contributed by atoms with Gasteiger partial charge in [-0.2, -0.15) is 0 Å². The minimum absolute atomic E-state index is 0.0123. The Labute approximate surface area is 179 Å².